The van der Waals surface area contributed by atoms with Gasteiger partial charge in [-0.2, -0.15) is 0 Å². The molecule has 4 heteroatoms. The van der Waals surface area contributed by atoms with Gasteiger partial charge in [0.15, 0.2) is 0 Å². The number of nitrogens with zero attached hydrogens (tertiary/aromatic N) is 2. The summed E-state index contributed by atoms with van der Waals surface area (Å²) in [5, 5.41) is 7.30. The summed E-state index contributed by atoms with van der Waals surface area (Å²) in [5.74, 6) is 0. The minimum absolute atomic E-state index is 0.420. The van der Waals surface area contributed by atoms with Crippen LogP contribution in [0.15, 0.2) is 5.38 Å². The topological polar surface area (TPSA) is 28.2 Å². The predicted octanol–water partition coefficient (Wildman–Crippen LogP) is 3.34. The summed E-state index contributed by atoms with van der Waals surface area (Å²) in [5.41, 5.74) is 1.59. The molecule has 1 spiro atoms. The Morgan fingerprint density at radius 1 is 1.45 bits per heavy atom. The summed E-state index contributed by atoms with van der Waals surface area (Å²) in [7, 11) is 0. The highest BCUT2D eigenvalue weighted by molar-refractivity contribution is 7.09. The number of rotatable bonds is 4. The lowest BCUT2D eigenvalue weighted by Gasteiger charge is -2.48. The maximum absolute atomic E-state index is 4.69. The summed E-state index contributed by atoms with van der Waals surface area (Å²) < 4.78 is 0. The van der Waals surface area contributed by atoms with E-state index in [4.69, 9.17) is 0 Å². The van der Waals surface area contributed by atoms with Crippen LogP contribution in [0.5, 0.6) is 0 Å². The van der Waals surface area contributed by atoms with Crippen LogP contribution < -0.4 is 5.32 Å². The molecule has 0 radical (unpaired) electrons. The van der Waals surface area contributed by atoms with Gasteiger partial charge in [-0.05, 0) is 26.2 Å². The average Bonchev–Trinajstić information content (AvgIpc) is 3.05. The zero-order chi connectivity index (χ0) is 14.0. The van der Waals surface area contributed by atoms with Crippen LogP contribution in [0.4, 0.5) is 0 Å². The molecule has 1 aliphatic carbocycles. The van der Waals surface area contributed by atoms with Crippen LogP contribution in [0.3, 0.4) is 0 Å². The molecule has 0 aromatic carbocycles. The highest BCUT2D eigenvalue weighted by Crippen LogP contribution is 2.38. The Kier molecular flexibility index (Phi) is 4.43. The van der Waals surface area contributed by atoms with Crippen molar-refractivity contribution in [3.63, 3.8) is 0 Å². The maximum Gasteiger partial charge on any atom is 0.107 e. The van der Waals surface area contributed by atoms with Gasteiger partial charge in [0.1, 0.15) is 5.01 Å². The molecule has 1 unspecified atom stereocenters. The van der Waals surface area contributed by atoms with Crippen LogP contribution in [-0.2, 0) is 6.54 Å². The van der Waals surface area contributed by atoms with Crippen molar-refractivity contribution in [1.29, 1.82) is 0 Å². The molecule has 1 aliphatic heterocycles. The lowest BCUT2D eigenvalue weighted by Crippen LogP contribution is -2.63. The Hall–Kier alpha value is -0.450. The SMILES string of the molecule is CCCC1CN(Cc2nc(C)cs2)C2(CCCC2)CN1. The summed E-state index contributed by atoms with van der Waals surface area (Å²) in [6.07, 6.45) is 8.09. The second-order valence-corrected chi connectivity index (χ2v) is 7.50. The zero-order valence-electron chi connectivity index (χ0n) is 12.8. The highest BCUT2D eigenvalue weighted by atomic mass is 32.1. The van der Waals surface area contributed by atoms with Gasteiger partial charge in [-0.15, -0.1) is 11.3 Å². The first-order chi connectivity index (χ1) is 9.72. The molecule has 1 aromatic heterocycles. The van der Waals surface area contributed by atoms with Gasteiger partial charge in [-0.1, -0.05) is 26.2 Å². The van der Waals surface area contributed by atoms with Crippen molar-refractivity contribution < 1.29 is 0 Å². The lowest BCUT2D eigenvalue weighted by molar-refractivity contribution is 0.0337. The van der Waals surface area contributed by atoms with Crippen LogP contribution >= 0.6 is 11.3 Å². The van der Waals surface area contributed by atoms with Crippen LogP contribution in [0.1, 0.15) is 56.2 Å². The quantitative estimate of drug-likeness (QED) is 0.923. The van der Waals surface area contributed by atoms with Gasteiger partial charge in [0.25, 0.3) is 0 Å². The van der Waals surface area contributed by atoms with Crippen molar-refractivity contribution in [1.82, 2.24) is 15.2 Å². The number of hydrogen-bond acceptors (Lipinski definition) is 4. The van der Waals surface area contributed by atoms with Crippen molar-refractivity contribution in [2.45, 2.75) is 70.5 Å². The Bertz CT molecular complexity index is 437. The van der Waals surface area contributed by atoms with Crippen molar-refractivity contribution >= 4 is 11.3 Å². The van der Waals surface area contributed by atoms with Crippen molar-refractivity contribution in [2.75, 3.05) is 13.1 Å². The molecule has 112 valence electrons. The second kappa shape index (κ2) is 6.12. The fourth-order valence-electron chi connectivity index (χ4n) is 3.91. The van der Waals surface area contributed by atoms with Crippen molar-refractivity contribution in [2.24, 2.45) is 0 Å². The molecule has 1 aromatic rings. The minimum atomic E-state index is 0.420. The molecule has 1 N–H and O–H groups in total. The van der Waals surface area contributed by atoms with E-state index in [0.717, 1.165) is 6.54 Å². The molecular formula is C16H27N3S. The third-order valence-electron chi connectivity index (χ3n) is 5.00. The van der Waals surface area contributed by atoms with Crippen molar-refractivity contribution in [3.05, 3.63) is 16.1 Å². The maximum atomic E-state index is 4.69. The minimum Gasteiger partial charge on any atom is -0.311 e. The molecule has 2 aliphatic rings. The Labute approximate surface area is 126 Å². The number of hydrogen-bond donors (Lipinski definition) is 1. The largest absolute Gasteiger partial charge is 0.311 e. The zero-order valence-corrected chi connectivity index (χ0v) is 13.6. The molecule has 20 heavy (non-hydrogen) atoms. The highest BCUT2D eigenvalue weighted by Gasteiger charge is 2.43. The molecule has 0 bridgehead atoms. The summed E-state index contributed by atoms with van der Waals surface area (Å²) in [4.78, 5) is 7.45. The third kappa shape index (κ3) is 2.92. The van der Waals surface area contributed by atoms with Gasteiger partial charge in [0.05, 0.1) is 6.54 Å². The monoisotopic (exact) mass is 293 g/mol. The molecule has 3 nitrogen and oxygen atoms in total. The third-order valence-corrected chi connectivity index (χ3v) is 5.95. The lowest BCUT2D eigenvalue weighted by atomic mass is 9.90. The normalized spacial score (nSPS) is 26.4. The van der Waals surface area contributed by atoms with E-state index >= 15 is 0 Å². The van der Waals surface area contributed by atoms with E-state index in [-0.39, 0.29) is 0 Å². The van der Waals surface area contributed by atoms with Crippen molar-refractivity contribution in [3.8, 4) is 0 Å². The van der Waals surface area contributed by atoms with Gasteiger partial charge in [0, 0.05) is 35.7 Å². The number of piperazine rings is 1. The molecular weight excluding hydrogens is 266 g/mol. The summed E-state index contributed by atoms with van der Waals surface area (Å²) in [6, 6.07) is 0.673. The summed E-state index contributed by atoms with van der Waals surface area (Å²) in [6.45, 7) is 7.83. The van der Waals surface area contributed by atoms with Gasteiger partial charge in [-0.3, -0.25) is 4.90 Å². The fraction of sp³-hybridized carbons (Fsp3) is 0.812. The first-order valence-corrected chi connectivity index (χ1v) is 8.99. The van der Waals surface area contributed by atoms with Gasteiger partial charge >= 0.3 is 0 Å². The van der Waals surface area contributed by atoms with Crippen LogP contribution in [-0.4, -0.2) is 34.6 Å². The standard InChI is InChI=1S/C16H27N3S/c1-3-6-14-9-19(10-15-18-13(2)11-20-15)16(12-17-14)7-4-5-8-16/h11,14,17H,3-10,12H2,1-2H3. The smallest absolute Gasteiger partial charge is 0.107 e. The van der Waals surface area contributed by atoms with Crippen LogP contribution in [0.2, 0.25) is 0 Å². The number of aryl methyl sites for hydroxylation is 1. The molecule has 2 heterocycles. The first kappa shape index (κ1) is 14.5. The Morgan fingerprint density at radius 2 is 2.25 bits per heavy atom. The van der Waals surface area contributed by atoms with Crippen LogP contribution in [0, 0.1) is 6.92 Å². The first-order valence-electron chi connectivity index (χ1n) is 8.11. The number of thiazole rings is 1. The molecule has 2 fully saturated rings. The molecule has 0 amide bonds. The Balaban J connectivity index is 1.74. The fourth-order valence-corrected chi connectivity index (χ4v) is 4.70. The van der Waals surface area contributed by atoms with E-state index in [1.165, 1.54) is 62.3 Å². The van der Waals surface area contributed by atoms with Crippen LogP contribution in [0.25, 0.3) is 0 Å². The predicted molar refractivity (Wildman–Crippen MR) is 85.2 cm³/mol. The van der Waals surface area contributed by atoms with Gasteiger partial charge in [0.2, 0.25) is 0 Å². The average molecular weight is 293 g/mol. The number of nitrogens with one attached hydrogen (secondary N) is 1. The van der Waals surface area contributed by atoms with E-state index in [1.807, 2.05) is 11.3 Å². The second-order valence-electron chi connectivity index (χ2n) is 6.56. The van der Waals surface area contributed by atoms with E-state index in [2.05, 4.69) is 34.4 Å². The molecule has 3 rings (SSSR count). The van der Waals surface area contributed by atoms with Gasteiger partial charge in [-0.25, -0.2) is 4.98 Å². The van der Waals surface area contributed by atoms with E-state index in [9.17, 15) is 0 Å². The summed E-state index contributed by atoms with van der Waals surface area (Å²) >= 11 is 1.83. The van der Waals surface area contributed by atoms with E-state index < -0.39 is 0 Å². The number of aromatic nitrogens is 1. The molecule has 1 saturated heterocycles. The van der Waals surface area contributed by atoms with Gasteiger partial charge < -0.3 is 5.32 Å². The van der Waals surface area contributed by atoms with E-state index in [0.29, 0.717) is 11.6 Å². The van der Waals surface area contributed by atoms with E-state index in [1.54, 1.807) is 0 Å². The molecule has 1 saturated carbocycles. The molecule has 1 atom stereocenters. The Morgan fingerprint density at radius 3 is 2.90 bits per heavy atom.